The van der Waals surface area contributed by atoms with Crippen LogP contribution in [0.5, 0.6) is 5.75 Å². The molecule has 0 saturated carbocycles. The standard InChI is InChI=1S/C18H16N4O2/c1-12-8-15(16(10-19)18(23)21-12)13-4-5-17(24-2)14(9-13)11-22-7-3-6-20-22/h3-9H,11H2,1-2H3,(H,21,23). The van der Waals surface area contributed by atoms with Crippen molar-refractivity contribution in [2.45, 2.75) is 13.5 Å². The van der Waals surface area contributed by atoms with Crippen molar-refractivity contribution in [2.75, 3.05) is 7.11 Å². The molecule has 0 fully saturated rings. The molecule has 0 atom stereocenters. The summed E-state index contributed by atoms with van der Waals surface area (Å²) in [5, 5.41) is 13.5. The summed E-state index contributed by atoms with van der Waals surface area (Å²) >= 11 is 0. The van der Waals surface area contributed by atoms with Crippen LogP contribution in [0, 0.1) is 18.3 Å². The molecule has 0 bridgehead atoms. The summed E-state index contributed by atoms with van der Waals surface area (Å²) in [5.41, 5.74) is 2.76. The van der Waals surface area contributed by atoms with Gasteiger partial charge in [0.25, 0.3) is 5.56 Å². The molecule has 0 saturated heterocycles. The number of H-pyrrole nitrogens is 1. The van der Waals surface area contributed by atoms with Gasteiger partial charge in [-0.2, -0.15) is 10.4 Å². The lowest BCUT2D eigenvalue weighted by atomic mass is 9.98. The molecule has 1 aromatic carbocycles. The van der Waals surface area contributed by atoms with E-state index in [9.17, 15) is 10.1 Å². The second kappa shape index (κ2) is 6.42. The Bertz CT molecular complexity index is 966. The van der Waals surface area contributed by atoms with Crippen molar-refractivity contribution in [1.82, 2.24) is 14.8 Å². The van der Waals surface area contributed by atoms with Gasteiger partial charge in [0.05, 0.1) is 13.7 Å². The molecule has 0 amide bonds. The van der Waals surface area contributed by atoms with Gasteiger partial charge in [0.2, 0.25) is 0 Å². The lowest BCUT2D eigenvalue weighted by molar-refractivity contribution is 0.407. The first-order valence-electron chi connectivity index (χ1n) is 7.41. The topological polar surface area (TPSA) is 83.7 Å². The number of methoxy groups -OCH3 is 1. The number of hydrogen-bond acceptors (Lipinski definition) is 4. The number of pyridine rings is 1. The van der Waals surface area contributed by atoms with Crippen LogP contribution in [0.15, 0.2) is 47.5 Å². The molecule has 0 aliphatic heterocycles. The maximum Gasteiger partial charge on any atom is 0.266 e. The molecule has 24 heavy (non-hydrogen) atoms. The summed E-state index contributed by atoms with van der Waals surface area (Å²) in [6.45, 7) is 2.33. The van der Waals surface area contributed by atoms with Crippen molar-refractivity contribution >= 4 is 0 Å². The zero-order valence-corrected chi connectivity index (χ0v) is 13.4. The normalized spacial score (nSPS) is 10.4. The number of nitrogens with zero attached hydrogens (tertiary/aromatic N) is 3. The average molecular weight is 320 g/mol. The number of aromatic nitrogens is 3. The van der Waals surface area contributed by atoms with Crippen LogP contribution in [0.4, 0.5) is 0 Å². The van der Waals surface area contributed by atoms with E-state index in [1.54, 1.807) is 31.0 Å². The fourth-order valence-corrected chi connectivity index (χ4v) is 2.67. The van der Waals surface area contributed by atoms with E-state index in [4.69, 9.17) is 4.74 Å². The molecule has 120 valence electrons. The SMILES string of the molecule is COc1ccc(-c2cc(C)[nH]c(=O)c2C#N)cc1Cn1cccn1. The van der Waals surface area contributed by atoms with Gasteiger partial charge in [-0.25, -0.2) is 0 Å². The molecule has 0 unspecified atom stereocenters. The fourth-order valence-electron chi connectivity index (χ4n) is 2.67. The van der Waals surface area contributed by atoms with Gasteiger partial charge < -0.3 is 9.72 Å². The quantitative estimate of drug-likeness (QED) is 0.800. The Balaban J connectivity index is 2.13. The Labute approximate surface area is 138 Å². The van der Waals surface area contributed by atoms with Crippen LogP contribution < -0.4 is 10.3 Å². The van der Waals surface area contributed by atoms with E-state index < -0.39 is 0 Å². The van der Waals surface area contributed by atoms with Crippen molar-refractivity contribution in [2.24, 2.45) is 0 Å². The summed E-state index contributed by atoms with van der Waals surface area (Å²) in [5.74, 6) is 0.731. The number of benzene rings is 1. The van der Waals surface area contributed by atoms with Crippen molar-refractivity contribution < 1.29 is 4.74 Å². The summed E-state index contributed by atoms with van der Waals surface area (Å²) in [4.78, 5) is 14.7. The molecule has 0 radical (unpaired) electrons. The number of ether oxygens (including phenoxy) is 1. The number of aryl methyl sites for hydroxylation is 1. The van der Waals surface area contributed by atoms with Gasteiger partial charge in [-0.3, -0.25) is 9.48 Å². The summed E-state index contributed by atoms with van der Waals surface area (Å²) in [6.07, 6.45) is 3.58. The largest absolute Gasteiger partial charge is 0.496 e. The molecule has 1 N–H and O–H groups in total. The zero-order chi connectivity index (χ0) is 17.1. The van der Waals surface area contributed by atoms with Gasteiger partial charge in [0.15, 0.2) is 0 Å². The van der Waals surface area contributed by atoms with E-state index in [1.807, 2.05) is 36.5 Å². The summed E-state index contributed by atoms with van der Waals surface area (Å²) in [6, 6.07) is 11.3. The summed E-state index contributed by atoms with van der Waals surface area (Å²) < 4.78 is 7.20. The van der Waals surface area contributed by atoms with E-state index in [0.717, 1.165) is 16.9 Å². The number of hydrogen-bond donors (Lipinski definition) is 1. The Morgan fingerprint density at radius 2 is 2.21 bits per heavy atom. The molecular formula is C18H16N4O2. The van der Waals surface area contributed by atoms with Crippen molar-refractivity contribution in [3.05, 3.63) is 69.9 Å². The minimum Gasteiger partial charge on any atom is -0.496 e. The van der Waals surface area contributed by atoms with Crippen molar-refractivity contribution in [3.63, 3.8) is 0 Å². The maximum absolute atomic E-state index is 12.0. The Hall–Kier alpha value is -3.33. The van der Waals surface area contributed by atoms with Crippen LogP contribution in [0.25, 0.3) is 11.1 Å². The first-order chi connectivity index (χ1) is 11.6. The number of nitrogens with one attached hydrogen (secondary N) is 1. The van der Waals surface area contributed by atoms with Gasteiger partial charge in [0, 0.05) is 29.2 Å². The zero-order valence-electron chi connectivity index (χ0n) is 13.4. The number of rotatable bonds is 4. The molecule has 2 heterocycles. The van der Waals surface area contributed by atoms with Crippen LogP contribution in [-0.4, -0.2) is 21.9 Å². The number of aromatic amines is 1. The van der Waals surface area contributed by atoms with E-state index in [-0.39, 0.29) is 11.1 Å². The van der Waals surface area contributed by atoms with Crippen LogP contribution >= 0.6 is 0 Å². The molecule has 3 aromatic rings. The van der Waals surface area contributed by atoms with E-state index >= 15 is 0 Å². The van der Waals surface area contributed by atoms with Gasteiger partial charge in [-0.05, 0) is 36.8 Å². The van der Waals surface area contributed by atoms with E-state index in [0.29, 0.717) is 17.8 Å². The van der Waals surface area contributed by atoms with Crippen molar-refractivity contribution in [3.8, 4) is 22.9 Å². The highest BCUT2D eigenvalue weighted by Crippen LogP contribution is 2.28. The third-order valence-electron chi connectivity index (χ3n) is 3.76. The van der Waals surface area contributed by atoms with E-state index in [2.05, 4.69) is 10.1 Å². The Morgan fingerprint density at radius 3 is 2.88 bits per heavy atom. The molecule has 2 aromatic heterocycles. The maximum atomic E-state index is 12.0. The molecule has 0 spiro atoms. The fraction of sp³-hybridized carbons (Fsp3) is 0.167. The molecular weight excluding hydrogens is 304 g/mol. The van der Waals surface area contributed by atoms with Crippen LogP contribution in [0.2, 0.25) is 0 Å². The Kier molecular flexibility index (Phi) is 4.17. The minimum absolute atomic E-state index is 0.107. The number of nitriles is 1. The van der Waals surface area contributed by atoms with Crippen molar-refractivity contribution in [1.29, 1.82) is 5.26 Å². The second-order valence-corrected chi connectivity index (χ2v) is 5.41. The first-order valence-corrected chi connectivity index (χ1v) is 7.41. The van der Waals surface area contributed by atoms with Gasteiger partial charge >= 0.3 is 0 Å². The predicted molar refractivity (Wildman–Crippen MR) is 89.8 cm³/mol. The highest BCUT2D eigenvalue weighted by Gasteiger charge is 2.13. The second-order valence-electron chi connectivity index (χ2n) is 5.41. The van der Waals surface area contributed by atoms with Gasteiger partial charge in [-0.15, -0.1) is 0 Å². The van der Waals surface area contributed by atoms with Gasteiger partial charge in [-0.1, -0.05) is 6.07 Å². The molecule has 6 nitrogen and oxygen atoms in total. The lowest BCUT2D eigenvalue weighted by Crippen LogP contribution is -2.13. The first kappa shape index (κ1) is 15.6. The highest BCUT2D eigenvalue weighted by molar-refractivity contribution is 5.71. The van der Waals surface area contributed by atoms with Crippen LogP contribution in [0.1, 0.15) is 16.8 Å². The Morgan fingerprint density at radius 1 is 1.38 bits per heavy atom. The van der Waals surface area contributed by atoms with E-state index in [1.165, 1.54) is 0 Å². The van der Waals surface area contributed by atoms with Crippen LogP contribution in [-0.2, 0) is 6.54 Å². The molecule has 6 heteroatoms. The summed E-state index contributed by atoms with van der Waals surface area (Å²) in [7, 11) is 1.61. The third kappa shape index (κ3) is 2.92. The average Bonchev–Trinajstić information content (AvgIpc) is 3.07. The molecule has 0 aliphatic carbocycles. The highest BCUT2D eigenvalue weighted by atomic mass is 16.5. The smallest absolute Gasteiger partial charge is 0.266 e. The minimum atomic E-state index is -0.378. The molecule has 0 aliphatic rings. The lowest BCUT2D eigenvalue weighted by Gasteiger charge is -2.12. The molecule has 3 rings (SSSR count). The van der Waals surface area contributed by atoms with Crippen LogP contribution in [0.3, 0.4) is 0 Å². The third-order valence-corrected chi connectivity index (χ3v) is 3.76. The monoisotopic (exact) mass is 320 g/mol. The van der Waals surface area contributed by atoms with Gasteiger partial charge in [0.1, 0.15) is 17.4 Å². The predicted octanol–water partition coefficient (Wildman–Crippen LogP) is 2.48.